The fraction of sp³-hybridized carbons (Fsp3) is 0.632. The van der Waals surface area contributed by atoms with Gasteiger partial charge in [-0.2, -0.15) is 11.8 Å². The second-order valence-corrected chi connectivity index (χ2v) is 8.36. The summed E-state index contributed by atoms with van der Waals surface area (Å²) in [5.74, 6) is -8.06. The Hall–Kier alpha value is -3.40. The fourth-order valence-electron chi connectivity index (χ4n) is 2.65. The van der Waals surface area contributed by atoms with Gasteiger partial charge < -0.3 is 42.1 Å². The van der Waals surface area contributed by atoms with E-state index in [2.05, 4.69) is 10.6 Å². The normalized spacial score (nSPS) is 14.0. The van der Waals surface area contributed by atoms with E-state index in [0.717, 1.165) is 0 Å². The zero-order valence-corrected chi connectivity index (χ0v) is 19.7. The second-order valence-electron chi connectivity index (χ2n) is 7.37. The third-order valence-electron chi connectivity index (χ3n) is 4.52. The Morgan fingerprint density at radius 3 is 1.60 bits per heavy atom. The van der Waals surface area contributed by atoms with Gasteiger partial charge in [0.1, 0.15) is 18.1 Å². The first kappa shape index (κ1) is 31.6. The molecule has 4 unspecified atom stereocenters. The molecule has 0 radical (unpaired) electrons. The van der Waals surface area contributed by atoms with Crippen molar-refractivity contribution in [3.05, 3.63) is 0 Å². The predicted molar refractivity (Wildman–Crippen MR) is 120 cm³/mol. The number of carboxylic acid groups (broad SMARTS) is 4. The number of carbonyl (C=O) groups is 7. The minimum absolute atomic E-state index is 0.00979. The summed E-state index contributed by atoms with van der Waals surface area (Å²) in [5.41, 5.74) is 5.61. The van der Waals surface area contributed by atoms with E-state index in [4.69, 9.17) is 26.2 Å². The highest BCUT2D eigenvalue weighted by molar-refractivity contribution is 7.98. The monoisotopic (exact) mass is 522 g/mol. The van der Waals surface area contributed by atoms with Crippen LogP contribution in [0.4, 0.5) is 0 Å². The summed E-state index contributed by atoms with van der Waals surface area (Å²) in [5, 5.41) is 42.2. The van der Waals surface area contributed by atoms with Crippen LogP contribution < -0.4 is 21.7 Å². The van der Waals surface area contributed by atoms with Crippen LogP contribution in [0.2, 0.25) is 0 Å². The standard InChI is InChI=1S/C19H30N4O11S/c1-35-7-6-11(18(32)23-12(19(33)34)8-15(28)29)22-17(31)10(3-5-14(26)27)21-16(30)9(20)2-4-13(24)25/h9-12H,2-8,20H2,1H3,(H,21,30)(H,22,31)(H,23,32)(H,24,25)(H,26,27)(H,28,29)(H,33,34). The molecule has 0 aliphatic rings. The lowest BCUT2D eigenvalue weighted by atomic mass is 10.1. The number of amides is 3. The Morgan fingerprint density at radius 2 is 1.14 bits per heavy atom. The molecule has 0 aromatic rings. The number of nitrogens with one attached hydrogen (secondary N) is 3. The molecular weight excluding hydrogens is 492 g/mol. The van der Waals surface area contributed by atoms with Crippen molar-refractivity contribution in [2.24, 2.45) is 5.73 Å². The summed E-state index contributed by atoms with van der Waals surface area (Å²) < 4.78 is 0. The average molecular weight is 523 g/mol. The van der Waals surface area contributed by atoms with Crippen LogP contribution in [0.1, 0.15) is 38.5 Å². The first-order chi connectivity index (χ1) is 16.3. The van der Waals surface area contributed by atoms with Gasteiger partial charge in [-0.05, 0) is 31.3 Å². The van der Waals surface area contributed by atoms with Crippen LogP contribution in [0.5, 0.6) is 0 Å². The third kappa shape index (κ3) is 13.8. The Labute approximate surface area is 204 Å². The van der Waals surface area contributed by atoms with Gasteiger partial charge in [0.25, 0.3) is 0 Å². The van der Waals surface area contributed by atoms with Gasteiger partial charge in [-0.1, -0.05) is 0 Å². The molecule has 3 amide bonds. The second kappa shape index (κ2) is 16.3. The molecule has 35 heavy (non-hydrogen) atoms. The van der Waals surface area contributed by atoms with Gasteiger partial charge in [0.05, 0.1) is 12.5 Å². The van der Waals surface area contributed by atoms with Crippen LogP contribution in [0.3, 0.4) is 0 Å². The van der Waals surface area contributed by atoms with Crippen LogP contribution in [-0.4, -0.2) is 98.2 Å². The highest BCUT2D eigenvalue weighted by Gasteiger charge is 2.31. The van der Waals surface area contributed by atoms with Crippen LogP contribution >= 0.6 is 11.8 Å². The van der Waals surface area contributed by atoms with Crippen LogP contribution in [-0.2, 0) is 33.6 Å². The SMILES string of the molecule is CSCCC(NC(=O)C(CCC(=O)O)NC(=O)C(N)CCC(=O)O)C(=O)NC(CC(=O)O)C(=O)O. The number of carboxylic acids is 4. The van der Waals surface area contributed by atoms with E-state index in [1.807, 2.05) is 5.32 Å². The summed E-state index contributed by atoms with van der Waals surface area (Å²) in [4.78, 5) is 81.4. The summed E-state index contributed by atoms with van der Waals surface area (Å²) >= 11 is 1.30. The number of rotatable bonds is 18. The Bertz CT molecular complexity index is 808. The Balaban J connectivity index is 5.53. The summed E-state index contributed by atoms with van der Waals surface area (Å²) in [7, 11) is 0. The summed E-state index contributed by atoms with van der Waals surface area (Å²) in [6.45, 7) is 0. The van der Waals surface area contributed by atoms with E-state index in [1.54, 1.807) is 6.26 Å². The predicted octanol–water partition coefficient (Wildman–Crippen LogP) is -2.19. The van der Waals surface area contributed by atoms with E-state index in [1.165, 1.54) is 11.8 Å². The van der Waals surface area contributed by atoms with Crippen molar-refractivity contribution in [3.8, 4) is 0 Å². The molecule has 198 valence electrons. The van der Waals surface area contributed by atoms with E-state index < -0.39 is 85.0 Å². The zero-order chi connectivity index (χ0) is 27.1. The van der Waals surface area contributed by atoms with Gasteiger partial charge in [-0.3, -0.25) is 28.8 Å². The number of aliphatic carboxylic acids is 4. The van der Waals surface area contributed by atoms with E-state index in [-0.39, 0.29) is 19.3 Å². The smallest absolute Gasteiger partial charge is 0.326 e. The molecule has 0 saturated heterocycles. The topological polar surface area (TPSA) is 263 Å². The van der Waals surface area contributed by atoms with Gasteiger partial charge >= 0.3 is 23.9 Å². The van der Waals surface area contributed by atoms with Gasteiger partial charge in [0.15, 0.2) is 0 Å². The maximum absolute atomic E-state index is 12.8. The van der Waals surface area contributed by atoms with Crippen molar-refractivity contribution in [2.45, 2.75) is 62.7 Å². The molecule has 0 fully saturated rings. The Kier molecular flexibility index (Phi) is 14.7. The minimum atomic E-state index is -1.76. The Morgan fingerprint density at radius 1 is 0.686 bits per heavy atom. The lowest BCUT2D eigenvalue weighted by Crippen LogP contribution is -2.57. The maximum Gasteiger partial charge on any atom is 0.326 e. The first-order valence-corrected chi connectivity index (χ1v) is 11.7. The van der Waals surface area contributed by atoms with Gasteiger partial charge in [0, 0.05) is 12.8 Å². The molecular formula is C19H30N4O11S. The lowest BCUT2D eigenvalue weighted by molar-refractivity contribution is -0.147. The summed E-state index contributed by atoms with van der Waals surface area (Å²) in [6, 6.07) is -5.83. The number of carbonyl (C=O) groups excluding carboxylic acids is 3. The molecule has 0 aromatic carbocycles. The van der Waals surface area contributed by atoms with E-state index in [0.29, 0.717) is 5.75 Å². The van der Waals surface area contributed by atoms with Gasteiger partial charge in [0.2, 0.25) is 17.7 Å². The molecule has 16 heteroatoms. The molecule has 0 spiro atoms. The lowest BCUT2D eigenvalue weighted by Gasteiger charge is -2.24. The number of thioether (sulfide) groups is 1. The third-order valence-corrected chi connectivity index (χ3v) is 5.17. The molecule has 15 nitrogen and oxygen atoms in total. The van der Waals surface area contributed by atoms with Crippen molar-refractivity contribution in [1.82, 2.24) is 16.0 Å². The van der Waals surface area contributed by atoms with E-state index >= 15 is 0 Å². The quantitative estimate of drug-likeness (QED) is 0.0952. The molecule has 0 rings (SSSR count). The summed E-state index contributed by atoms with van der Waals surface area (Å²) in [6.07, 6.45) is -0.774. The highest BCUT2D eigenvalue weighted by Crippen LogP contribution is 2.06. The van der Waals surface area contributed by atoms with Crippen molar-refractivity contribution in [2.75, 3.05) is 12.0 Å². The molecule has 0 aliphatic heterocycles. The number of nitrogens with two attached hydrogens (primary N) is 1. The molecule has 0 heterocycles. The fourth-order valence-corrected chi connectivity index (χ4v) is 3.12. The van der Waals surface area contributed by atoms with Crippen molar-refractivity contribution >= 4 is 53.4 Å². The van der Waals surface area contributed by atoms with Crippen molar-refractivity contribution in [3.63, 3.8) is 0 Å². The molecule has 4 atom stereocenters. The average Bonchev–Trinajstić information content (AvgIpc) is 2.76. The zero-order valence-electron chi connectivity index (χ0n) is 18.9. The molecule has 0 aromatic heterocycles. The van der Waals surface area contributed by atoms with Crippen LogP contribution in [0.15, 0.2) is 0 Å². The molecule has 0 aliphatic carbocycles. The maximum atomic E-state index is 12.8. The molecule has 9 N–H and O–H groups in total. The molecule has 0 saturated carbocycles. The van der Waals surface area contributed by atoms with Crippen LogP contribution in [0.25, 0.3) is 0 Å². The number of hydrogen-bond acceptors (Lipinski definition) is 9. The number of hydrogen-bond donors (Lipinski definition) is 8. The van der Waals surface area contributed by atoms with Crippen LogP contribution in [0, 0.1) is 0 Å². The van der Waals surface area contributed by atoms with E-state index in [9.17, 15) is 33.6 Å². The largest absolute Gasteiger partial charge is 0.481 e. The minimum Gasteiger partial charge on any atom is -0.481 e. The van der Waals surface area contributed by atoms with Gasteiger partial charge in [-0.15, -0.1) is 0 Å². The van der Waals surface area contributed by atoms with Crippen molar-refractivity contribution in [1.29, 1.82) is 0 Å². The molecule has 0 bridgehead atoms. The van der Waals surface area contributed by atoms with Crippen molar-refractivity contribution < 1.29 is 54.0 Å². The van der Waals surface area contributed by atoms with Gasteiger partial charge in [-0.25, -0.2) is 4.79 Å². The highest BCUT2D eigenvalue weighted by atomic mass is 32.2. The first-order valence-electron chi connectivity index (χ1n) is 10.3.